The molecule has 14 heavy (non-hydrogen) atoms. The van der Waals surface area contributed by atoms with Gasteiger partial charge in [-0.15, -0.1) is 0 Å². The Kier molecular flexibility index (Phi) is 2.97. The van der Waals surface area contributed by atoms with Gasteiger partial charge in [-0.05, 0) is 42.5 Å². The van der Waals surface area contributed by atoms with Crippen LogP contribution >= 0.6 is 11.6 Å². The molecule has 76 valence electrons. The molecule has 2 N–H and O–H groups in total. The van der Waals surface area contributed by atoms with E-state index in [9.17, 15) is 0 Å². The van der Waals surface area contributed by atoms with Crippen LogP contribution in [0.3, 0.4) is 0 Å². The lowest BCUT2D eigenvalue weighted by atomic mass is 9.84. The van der Waals surface area contributed by atoms with E-state index in [-0.39, 0.29) is 0 Å². The number of benzene rings is 1. The maximum absolute atomic E-state index is 6.17. The highest BCUT2D eigenvalue weighted by molar-refractivity contribution is 6.31. The Labute approximate surface area is 90.3 Å². The smallest absolute Gasteiger partial charge is 0.0442 e. The van der Waals surface area contributed by atoms with Crippen molar-refractivity contribution in [3.8, 4) is 0 Å². The van der Waals surface area contributed by atoms with E-state index in [1.807, 2.05) is 18.2 Å². The fraction of sp³-hybridized carbons (Fsp3) is 0.500. The minimum Gasteiger partial charge on any atom is -0.399 e. The first-order valence-electron chi connectivity index (χ1n) is 5.32. The zero-order valence-electron chi connectivity index (χ0n) is 8.30. The summed E-state index contributed by atoms with van der Waals surface area (Å²) in [5, 5.41) is 0.881. The van der Waals surface area contributed by atoms with Crippen LogP contribution in [-0.4, -0.2) is 0 Å². The van der Waals surface area contributed by atoms with Gasteiger partial charge in [0, 0.05) is 10.7 Å². The van der Waals surface area contributed by atoms with Crippen LogP contribution in [0.25, 0.3) is 0 Å². The normalized spacial score (nSPS) is 18.4. The predicted molar refractivity (Wildman–Crippen MR) is 61.7 cm³/mol. The fourth-order valence-electron chi connectivity index (χ4n) is 2.29. The van der Waals surface area contributed by atoms with Crippen LogP contribution in [0.15, 0.2) is 18.2 Å². The lowest BCUT2D eigenvalue weighted by Crippen LogP contribution is -2.05. The van der Waals surface area contributed by atoms with Gasteiger partial charge in [-0.3, -0.25) is 0 Å². The molecule has 1 aromatic carbocycles. The molecular formula is C12H16ClN. The third-order valence-electron chi connectivity index (χ3n) is 3.07. The SMILES string of the molecule is Nc1ccc(Cl)c(C2CCCCC2)c1. The van der Waals surface area contributed by atoms with Crippen molar-refractivity contribution < 1.29 is 0 Å². The number of hydrogen-bond acceptors (Lipinski definition) is 1. The molecular weight excluding hydrogens is 194 g/mol. The molecule has 2 heteroatoms. The lowest BCUT2D eigenvalue weighted by Gasteiger charge is -2.23. The second-order valence-electron chi connectivity index (χ2n) is 4.12. The lowest BCUT2D eigenvalue weighted by molar-refractivity contribution is 0.444. The third-order valence-corrected chi connectivity index (χ3v) is 3.41. The molecule has 0 heterocycles. The molecule has 0 bridgehead atoms. The Morgan fingerprint density at radius 3 is 2.57 bits per heavy atom. The molecule has 0 aliphatic heterocycles. The third kappa shape index (κ3) is 2.03. The Hall–Kier alpha value is -0.690. The van der Waals surface area contributed by atoms with Crippen molar-refractivity contribution in [3.05, 3.63) is 28.8 Å². The molecule has 0 spiro atoms. The zero-order chi connectivity index (χ0) is 9.97. The van der Waals surface area contributed by atoms with E-state index in [0.29, 0.717) is 5.92 Å². The molecule has 1 saturated carbocycles. The summed E-state index contributed by atoms with van der Waals surface area (Å²) in [5.74, 6) is 0.639. The van der Waals surface area contributed by atoms with Crippen molar-refractivity contribution in [1.82, 2.24) is 0 Å². The Bertz CT molecular complexity index is 316. The van der Waals surface area contributed by atoms with Crippen molar-refractivity contribution in [1.29, 1.82) is 0 Å². The second kappa shape index (κ2) is 4.22. The second-order valence-corrected chi connectivity index (χ2v) is 4.52. The van der Waals surface area contributed by atoms with Gasteiger partial charge in [-0.25, -0.2) is 0 Å². The van der Waals surface area contributed by atoms with E-state index in [0.717, 1.165) is 10.7 Å². The van der Waals surface area contributed by atoms with Crippen molar-refractivity contribution in [3.63, 3.8) is 0 Å². The van der Waals surface area contributed by atoms with Gasteiger partial charge in [0.1, 0.15) is 0 Å². The van der Waals surface area contributed by atoms with E-state index in [1.54, 1.807) is 0 Å². The van der Waals surface area contributed by atoms with Crippen molar-refractivity contribution in [2.75, 3.05) is 5.73 Å². The number of hydrogen-bond donors (Lipinski definition) is 1. The molecule has 0 unspecified atom stereocenters. The van der Waals surface area contributed by atoms with Crippen LogP contribution < -0.4 is 5.73 Å². The first kappa shape index (κ1) is 9.85. The molecule has 2 rings (SSSR count). The topological polar surface area (TPSA) is 26.0 Å². The molecule has 1 aliphatic carbocycles. The van der Waals surface area contributed by atoms with Gasteiger partial charge < -0.3 is 5.73 Å². The van der Waals surface area contributed by atoms with Crippen LogP contribution in [0.5, 0.6) is 0 Å². The summed E-state index contributed by atoms with van der Waals surface area (Å²) in [6.45, 7) is 0. The summed E-state index contributed by atoms with van der Waals surface area (Å²) in [7, 11) is 0. The summed E-state index contributed by atoms with van der Waals surface area (Å²) in [5.41, 5.74) is 7.86. The van der Waals surface area contributed by atoms with Crippen LogP contribution in [0.1, 0.15) is 43.6 Å². The molecule has 1 aromatic rings. The van der Waals surface area contributed by atoms with Crippen LogP contribution in [0.2, 0.25) is 5.02 Å². The predicted octanol–water partition coefficient (Wildman–Crippen LogP) is 3.97. The van der Waals surface area contributed by atoms with Crippen molar-refractivity contribution in [2.24, 2.45) is 0 Å². The highest BCUT2D eigenvalue weighted by atomic mass is 35.5. The summed E-state index contributed by atoms with van der Waals surface area (Å²) >= 11 is 6.17. The highest BCUT2D eigenvalue weighted by Crippen LogP contribution is 2.36. The number of nitrogen functional groups attached to an aromatic ring is 1. The van der Waals surface area contributed by atoms with Gasteiger partial charge in [-0.1, -0.05) is 30.9 Å². The minimum atomic E-state index is 0.639. The summed E-state index contributed by atoms with van der Waals surface area (Å²) in [6, 6.07) is 5.83. The van der Waals surface area contributed by atoms with Gasteiger partial charge in [-0.2, -0.15) is 0 Å². The molecule has 0 amide bonds. The van der Waals surface area contributed by atoms with E-state index in [2.05, 4.69) is 0 Å². The molecule has 1 nitrogen and oxygen atoms in total. The number of halogens is 1. The molecule has 0 aromatic heterocycles. The Morgan fingerprint density at radius 2 is 1.86 bits per heavy atom. The van der Waals surface area contributed by atoms with Crippen LogP contribution in [0.4, 0.5) is 5.69 Å². The standard InChI is InChI=1S/C12H16ClN/c13-12-7-6-10(14)8-11(12)9-4-2-1-3-5-9/h6-9H,1-5,14H2. The largest absolute Gasteiger partial charge is 0.399 e. The molecule has 0 radical (unpaired) electrons. The summed E-state index contributed by atoms with van der Waals surface area (Å²) in [6.07, 6.45) is 6.56. The average Bonchev–Trinajstić information content (AvgIpc) is 2.23. The molecule has 0 atom stereocenters. The van der Waals surface area contributed by atoms with E-state index >= 15 is 0 Å². The van der Waals surface area contributed by atoms with Gasteiger partial charge in [0.25, 0.3) is 0 Å². The van der Waals surface area contributed by atoms with E-state index < -0.39 is 0 Å². The maximum atomic E-state index is 6.17. The summed E-state index contributed by atoms with van der Waals surface area (Å²) in [4.78, 5) is 0. The van der Waals surface area contributed by atoms with Gasteiger partial charge in [0.2, 0.25) is 0 Å². The zero-order valence-corrected chi connectivity index (χ0v) is 9.06. The fourth-order valence-corrected chi connectivity index (χ4v) is 2.56. The van der Waals surface area contributed by atoms with Crippen molar-refractivity contribution >= 4 is 17.3 Å². The maximum Gasteiger partial charge on any atom is 0.0442 e. The first-order chi connectivity index (χ1) is 6.77. The van der Waals surface area contributed by atoms with Crippen LogP contribution in [0, 0.1) is 0 Å². The number of rotatable bonds is 1. The number of nitrogens with two attached hydrogens (primary N) is 1. The van der Waals surface area contributed by atoms with Gasteiger partial charge >= 0.3 is 0 Å². The Balaban J connectivity index is 2.24. The van der Waals surface area contributed by atoms with E-state index in [1.165, 1.54) is 37.7 Å². The Morgan fingerprint density at radius 1 is 1.14 bits per heavy atom. The van der Waals surface area contributed by atoms with Crippen molar-refractivity contribution in [2.45, 2.75) is 38.0 Å². The van der Waals surface area contributed by atoms with E-state index in [4.69, 9.17) is 17.3 Å². The van der Waals surface area contributed by atoms with Gasteiger partial charge in [0.15, 0.2) is 0 Å². The van der Waals surface area contributed by atoms with Gasteiger partial charge in [0.05, 0.1) is 0 Å². The molecule has 1 aliphatic rings. The first-order valence-corrected chi connectivity index (χ1v) is 5.70. The minimum absolute atomic E-state index is 0.639. The quantitative estimate of drug-likeness (QED) is 0.696. The highest BCUT2D eigenvalue weighted by Gasteiger charge is 2.17. The summed E-state index contributed by atoms with van der Waals surface area (Å²) < 4.78 is 0. The van der Waals surface area contributed by atoms with Crippen LogP contribution in [-0.2, 0) is 0 Å². The molecule has 1 fully saturated rings. The average molecular weight is 210 g/mol. The number of anilines is 1. The monoisotopic (exact) mass is 209 g/mol. The molecule has 0 saturated heterocycles.